The zero-order valence-electron chi connectivity index (χ0n) is 11.3. The molecule has 1 aromatic heterocycles. The van der Waals surface area contributed by atoms with Crippen LogP contribution in [-0.4, -0.2) is 11.5 Å². The van der Waals surface area contributed by atoms with Gasteiger partial charge in [0, 0.05) is 36.9 Å². The van der Waals surface area contributed by atoms with Crippen LogP contribution in [0.4, 0.5) is 11.4 Å². The van der Waals surface area contributed by atoms with E-state index >= 15 is 0 Å². The topological polar surface area (TPSA) is 42.2 Å². The van der Waals surface area contributed by atoms with Crippen molar-refractivity contribution in [3.63, 3.8) is 0 Å². The van der Waals surface area contributed by atoms with Gasteiger partial charge in [-0.1, -0.05) is 12.1 Å². The summed E-state index contributed by atoms with van der Waals surface area (Å²) in [5.74, 6) is 0. The first-order valence-corrected chi connectivity index (χ1v) is 6.77. The van der Waals surface area contributed by atoms with Crippen molar-refractivity contribution in [1.29, 1.82) is 0 Å². The van der Waals surface area contributed by atoms with Gasteiger partial charge < -0.3 is 10.6 Å². The molecule has 2 aromatic rings. The minimum Gasteiger partial charge on any atom is -0.398 e. The summed E-state index contributed by atoms with van der Waals surface area (Å²) in [6.45, 7) is 4.08. The minimum atomic E-state index is 0.908. The van der Waals surface area contributed by atoms with Gasteiger partial charge >= 0.3 is 0 Å². The molecule has 2 N–H and O–H groups in total. The first-order chi connectivity index (χ1) is 9.24. The highest BCUT2D eigenvalue weighted by molar-refractivity contribution is 5.66. The summed E-state index contributed by atoms with van der Waals surface area (Å²) < 4.78 is 0. The fraction of sp³-hybridized carbons (Fsp3) is 0.312. The molecule has 1 aliphatic heterocycles. The van der Waals surface area contributed by atoms with E-state index in [2.05, 4.69) is 28.9 Å². The van der Waals surface area contributed by atoms with Crippen molar-refractivity contribution in [2.45, 2.75) is 26.3 Å². The van der Waals surface area contributed by atoms with Gasteiger partial charge in [-0.15, -0.1) is 0 Å². The van der Waals surface area contributed by atoms with Gasteiger partial charge in [-0.3, -0.25) is 4.98 Å². The predicted molar refractivity (Wildman–Crippen MR) is 79.2 cm³/mol. The molecule has 0 radical (unpaired) electrons. The number of nitrogen functional groups attached to an aromatic ring is 1. The van der Waals surface area contributed by atoms with Gasteiger partial charge in [-0.25, -0.2) is 0 Å². The maximum Gasteiger partial charge on any atom is 0.0444 e. The number of hydrogen-bond donors (Lipinski definition) is 1. The standard InChI is InChI=1S/C16H19N3/c1-12-8-13(10-18-9-12)11-19-7-3-4-14-15(17)5-2-6-16(14)19/h2,5-6,8-10H,3-4,7,11,17H2,1H3. The van der Waals surface area contributed by atoms with E-state index in [0.717, 1.165) is 25.2 Å². The van der Waals surface area contributed by atoms with Crippen LogP contribution in [0, 0.1) is 6.92 Å². The molecule has 3 heteroatoms. The lowest BCUT2D eigenvalue weighted by Crippen LogP contribution is -2.29. The Kier molecular flexibility index (Phi) is 3.11. The molecule has 3 rings (SSSR count). The highest BCUT2D eigenvalue weighted by atomic mass is 15.1. The summed E-state index contributed by atoms with van der Waals surface area (Å²) in [6.07, 6.45) is 6.10. The van der Waals surface area contributed by atoms with Gasteiger partial charge in [0.2, 0.25) is 0 Å². The lowest BCUT2D eigenvalue weighted by atomic mass is 9.99. The number of nitrogens with two attached hydrogens (primary N) is 1. The van der Waals surface area contributed by atoms with E-state index in [9.17, 15) is 0 Å². The van der Waals surface area contributed by atoms with Crippen LogP contribution in [0.15, 0.2) is 36.7 Å². The molecule has 0 unspecified atom stereocenters. The Morgan fingerprint density at radius 2 is 2.21 bits per heavy atom. The third kappa shape index (κ3) is 2.41. The third-order valence-corrected chi connectivity index (χ3v) is 3.69. The number of fused-ring (bicyclic) bond motifs is 1. The zero-order valence-corrected chi connectivity index (χ0v) is 11.3. The van der Waals surface area contributed by atoms with Crippen LogP contribution in [0.2, 0.25) is 0 Å². The summed E-state index contributed by atoms with van der Waals surface area (Å²) >= 11 is 0. The van der Waals surface area contributed by atoms with Gasteiger partial charge in [0.15, 0.2) is 0 Å². The largest absolute Gasteiger partial charge is 0.398 e. The number of aromatic nitrogens is 1. The fourth-order valence-corrected chi connectivity index (χ4v) is 2.82. The maximum atomic E-state index is 6.08. The van der Waals surface area contributed by atoms with Crippen LogP contribution in [0.5, 0.6) is 0 Å². The summed E-state index contributed by atoms with van der Waals surface area (Å²) in [4.78, 5) is 6.68. The monoisotopic (exact) mass is 253 g/mol. The van der Waals surface area contributed by atoms with Crippen LogP contribution >= 0.6 is 0 Å². The van der Waals surface area contributed by atoms with Gasteiger partial charge in [0.05, 0.1) is 0 Å². The second-order valence-corrected chi connectivity index (χ2v) is 5.24. The molecule has 19 heavy (non-hydrogen) atoms. The van der Waals surface area contributed by atoms with Gasteiger partial charge in [0.1, 0.15) is 0 Å². The Hall–Kier alpha value is -2.03. The summed E-state index contributed by atoms with van der Waals surface area (Å²) in [6, 6.07) is 8.42. The summed E-state index contributed by atoms with van der Waals surface area (Å²) in [7, 11) is 0. The zero-order chi connectivity index (χ0) is 13.2. The van der Waals surface area contributed by atoms with Crippen LogP contribution in [0.25, 0.3) is 0 Å². The molecule has 0 saturated carbocycles. The van der Waals surface area contributed by atoms with Crippen molar-refractivity contribution in [3.8, 4) is 0 Å². The molecule has 0 saturated heterocycles. The number of aryl methyl sites for hydroxylation is 1. The number of benzene rings is 1. The van der Waals surface area contributed by atoms with Crippen molar-refractivity contribution >= 4 is 11.4 Å². The highest BCUT2D eigenvalue weighted by Gasteiger charge is 2.18. The molecule has 98 valence electrons. The number of pyridine rings is 1. The van der Waals surface area contributed by atoms with Crippen LogP contribution < -0.4 is 10.6 Å². The Labute approximate surface area is 114 Å². The van der Waals surface area contributed by atoms with E-state index in [1.807, 2.05) is 24.5 Å². The van der Waals surface area contributed by atoms with Crippen LogP contribution in [0.3, 0.4) is 0 Å². The number of anilines is 2. The molecular weight excluding hydrogens is 234 g/mol. The van der Waals surface area contributed by atoms with E-state index < -0.39 is 0 Å². The fourth-order valence-electron chi connectivity index (χ4n) is 2.82. The van der Waals surface area contributed by atoms with E-state index in [4.69, 9.17) is 5.73 Å². The summed E-state index contributed by atoms with van der Waals surface area (Å²) in [5.41, 5.74) is 12.1. The predicted octanol–water partition coefficient (Wildman–Crippen LogP) is 2.93. The van der Waals surface area contributed by atoms with E-state index in [1.165, 1.54) is 28.8 Å². The van der Waals surface area contributed by atoms with Crippen molar-refractivity contribution in [1.82, 2.24) is 4.98 Å². The lowest BCUT2D eigenvalue weighted by molar-refractivity contribution is 0.691. The summed E-state index contributed by atoms with van der Waals surface area (Å²) in [5, 5.41) is 0. The van der Waals surface area contributed by atoms with E-state index in [-0.39, 0.29) is 0 Å². The molecule has 0 fully saturated rings. The minimum absolute atomic E-state index is 0.908. The second-order valence-electron chi connectivity index (χ2n) is 5.24. The van der Waals surface area contributed by atoms with Crippen molar-refractivity contribution in [3.05, 3.63) is 53.3 Å². The van der Waals surface area contributed by atoms with E-state index in [0.29, 0.717) is 0 Å². The van der Waals surface area contributed by atoms with Crippen molar-refractivity contribution < 1.29 is 0 Å². The smallest absolute Gasteiger partial charge is 0.0444 e. The normalized spacial score (nSPS) is 14.3. The maximum absolute atomic E-state index is 6.08. The molecule has 1 aromatic carbocycles. The van der Waals surface area contributed by atoms with E-state index in [1.54, 1.807) is 0 Å². The van der Waals surface area contributed by atoms with Gasteiger partial charge in [-0.05, 0) is 48.6 Å². The lowest BCUT2D eigenvalue weighted by Gasteiger charge is -2.32. The Morgan fingerprint density at radius 3 is 3.05 bits per heavy atom. The number of rotatable bonds is 2. The quantitative estimate of drug-likeness (QED) is 0.837. The molecule has 1 aliphatic rings. The average Bonchev–Trinajstić information content (AvgIpc) is 2.40. The molecule has 0 spiro atoms. The number of hydrogen-bond acceptors (Lipinski definition) is 3. The number of nitrogens with zero attached hydrogens (tertiary/aromatic N) is 2. The van der Waals surface area contributed by atoms with Crippen molar-refractivity contribution in [2.24, 2.45) is 0 Å². The van der Waals surface area contributed by atoms with Crippen LogP contribution in [0.1, 0.15) is 23.1 Å². The Bertz CT molecular complexity index is 592. The van der Waals surface area contributed by atoms with Gasteiger partial charge in [-0.2, -0.15) is 0 Å². The molecule has 3 nitrogen and oxygen atoms in total. The molecule has 0 bridgehead atoms. The molecule has 0 aliphatic carbocycles. The Balaban J connectivity index is 1.90. The SMILES string of the molecule is Cc1cncc(CN2CCCc3c(N)cccc32)c1. The first-order valence-electron chi connectivity index (χ1n) is 6.77. The average molecular weight is 253 g/mol. The van der Waals surface area contributed by atoms with Gasteiger partial charge in [0.25, 0.3) is 0 Å². The molecule has 2 heterocycles. The third-order valence-electron chi connectivity index (χ3n) is 3.69. The Morgan fingerprint density at radius 1 is 1.32 bits per heavy atom. The van der Waals surface area contributed by atoms with Crippen LogP contribution in [-0.2, 0) is 13.0 Å². The second kappa shape index (κ2) is 4.92. The molecule has 0 atom stereocenters. The molecule has 0 amide bonds. The van der Waals surface area contributed by atoms with Crippen molar-refractivity contribution in [2.75, 3.05) is 17.2 Å². The highest BCUT2D eigenvalue weighted by Crippen LogP contribution is 2.32. The molecular formula is C16H19N3. The first kappa shape index (κ1) is 12.0.